The Hall–Kier alpha value is -1.64. The molecular weight excluding hydrogens is 366 g/mol. The lowest BCUT2D eigenvalue weighted by atomic mass is 9.86. The van der Waals surface area contributed by atoms with Crippen molar-refractivity contribution >= 4 is 33.4 Å². The van der Waals surface area contributed by atoms with E-state index in [4.69, 9.17) is 11.6 Å². The van der Waals surface area contributed by atoms with Crippen LogP contribution in [0.15, 0.2) is 24.3 Å². The van der Waals surface area contributed by atoms with Crippen LogP contribution in [0, 0.1) is 5.41 Å². The Morgan fingerprint density at radius 2 is 2.04 bits per heavy atom. The van der Waals surface area contributed by atoms with Gasteiger partial charge in [-0.3, -0.25) is 9.59 Å². The molecule has 9 heteroatoms. The molecule has 7 nitrogen and oxygen atoms in total. The maximum Gasteiger partial charge on any atom is 0.253 e. The van der Waals surface area contributed by atoms with Crippen molar-refractivity contribution in [2.24, 2.45) is 5.41 Å². The summed E-state index contributed by atoms with van der Waals surface area (Å²) in [5.74, 6) is -0.331. The van der Waals surface area contributed by atoms with Crippen molar-refractivity contribution in [2.45, 2.75) is 6.42 Å². The number of rotatable bonds is 2. The van der Waals surface area contributed by atoms with Crippen molar-refractivity contribution < 1.29 is 18.0 Å². The highest BCUT2D eigenvalue weighted by Crippen LogP contribution is 2.32. The third-order valence-corrected chi connectivity index (χ3v) is 6.17. The molecule has 1 spiro atoms. The average Bonchev–Trinajstić information content (AvgIpc) is 2.77. The van der Waals surface area contributed by atoms with E-state index in [1.807, 2.05) is 0 Å². The summed E-state index contributed by atoms with van der Waals surface area (Å²) in [6.45, 7) is 1.39. The molecule has 0 aromatic heterocycles. The Labute approximate surface area is 152 Å². The predicted molar refractivity (Wildman–Crippen MR) is 93.8 cm³/mol. The van der Waals surface area contributed by atoms with E-state index in [0.717, 1.165) is 6.26 Å². The van der Waals surface area contributed by atoms with Crippen LogP contribution >= 0.6 is 11.6 Å². The summed E-state index contributed by atoms with van der Waals surface area (Å²) in [6.07, 6.45) is 1.36. The van der Waals surface area contributed by atoms with E-state index in [1.165, 1.54) is 4.31 Å². The summed E-state index contributed by atoms with van der Waals surface area (Å²) < 4.78 is 25.5. The number of amides is 2. The SMILES string of the molecule is CS(=O)(=O)N1CCN(C(=O)c2cccc(Cl)c2)C[C@@]2(CNC(=O)C2)C1. The molecule has 0 aliphatic carbocycles. The van der Waals surface area contributed by atoms with Crippen LogP contribution in [0.3, 0.4) is 0 Å². The van der Waals surface area contributed by atoms with Crippen molar-refractivity contribution in [3.05, 3.63) is 34.9 Å². The zero-order chi connectivity index (χ0) is 18.2. The van der Waals surface area contributed by atoms with Gasteiger partial charge in [-0.1, -0.05) is 17.7 Å². The number of carbonyl (C=O) groups excluding carboxylic acids is 2. The Balaban J connectivity index is 1.90. The molecule has 2 fully saturated rings. The second kappa shape index (κ2) is 6.59. The Kier molecular flexibility index (Phi) is 4.78. The van der Waals surface area contributed by atoms with Crippen molar-refractivity contribution in [3.63, 3.8) is 0 Å². The molecule has 0 radical (unpaired) electrons. The minimum atomic E-state index is -3.42. The normalized spacial score (nSPS) is 25.0. The predicted octanol–water partition coefficient (Wildman–Crippen LogP) is 0.564. The van der Waals surface area contributed by atoms with Crippen LogP contribution in [0.25, 0.3) is 0 Å². The molecule has 3 rings (SSSR count). The van der Waals surface area contributed by atoms with Crippen LogP contribution in [-0.2, 0) is 14.8 Å². The number of hydrogen-bond donors (Lipinski definition) is 1. The average molecular weight is 386 g/mol. The van der Waals surface area contributed by atoms with Crippen LogP contribution in [-0.4, -0.2) is 68.4 Å². The lowest BCUT2D eigenvalue weighted by molar-refractivity contribution is -0.119. The van der Waals surface area contributed by atoms with E-state index in [0.29, 0.717) is 23.7 Å². The third-order valence-electron chi connectivity index (χ3n) is 4.68. The largest absolute Gasteiger partial charge is 0.355 e. The molecule has 0 unspecified atom stereocenters. The minimum absolute atomic E-state index is 0.120. The number of sulfonamides is 1. The van der Waals surface area contributed by atoms with Gasteiger partial charge in [-0.05, 0) is 18.2 Å². The lowest BCUT2D eigenvalue weighted by Gasteiger charge is -2.32. The summed E-state index contributed by atoms with van der Waals surface area (Å²) in [6, 6.07) is 6.66. The summed E-state index contributed by atoms with van der Waals surface area (Å²) in [7, 11) is -3.42. The molecule has 1 aromatic carbocycles. The van der Waals surface area contributed by atoms with Crippen LogP contribution in [0.2, 0.25) is 5.02 Å². The first-order valence-electron chi connectivity index (χ1n) is 7.95. The third kappa shape index (κ3) is 3.96. The molecule has 25 heavy (non-hydrogen) atoms. The highest BCUT2D eigenvalue weighted by molar-refractivity contribution is 7.88. The van der Waals surface area contributed by atoms with E-state index in [-0.39, 0.29) is 37.9 Å². The molecule has 1 aromatic rings. The first kappa shape index (κ1) is 18.2. The summed E-state index contributed by atoms with van der Waals surface area (Å²) in [5, 5.41) is 3.23. The molecule has 2 saturated heterocycles. The molecular formula is C16H20ClN3O4S. The lowest BCUT2D eigenvalue weighted by Crippen LogP contribution is -2.44. The monoisotopic (exact) mass is 385 g/mol. The van der Waals surface area contributed by atoms with Gasteiger partial charge in [0, 0.05) is 55.1 Å². The second-order valence-corrected chi connectivity index (χ2v) is 9.21. The first-order valence-corrected chi connectivity index (χ1v) is 10.2. The van der Waals surface area contributed by atoms with Gasteiger partial charge in [-0.2, -0.15) is 4.31 Å². The fraction of sp³-hybridized carbons (Fsp3) is 0.500. The Morgan fingerprint density at radius 3 is 2.64 bits per heavy atom. The Bertz CT molecular complexity index is 813. The number of benzene rings is 1. The van der Waals surface area contributed by atoms with Crippen molar-refractivity contribution in [1.82, 2.24) is 14.5 Å². The second-order valence-electron chi connectivity index (χ2n) is 6.79. The van der Waals surface area contributed by atoms with E-state index < -0.39 is 15.4 Å². The van der Waals surface area contributed by atoms with Crippen LogP contribution < -0.4 is 5.32 Å². The number of hydrogen-bond acceptors (Lipinski definition) is 4. The van der Waals surface area contributed by atoms with Crippen molar-refractivity contribution in [2.75, 3.05) is 39.0 Å². The van der Waals surface area contributed by atoms with Crippen LogP contribution in [0.1, 0.15) is 16.8 Å². The van der Waals surface area contributed by atoms with Gasteiger partial charge >= 0.3 is 0 Å². The smallest absolute Gasteiger partial charge is 0.253 e. The van der Waals surface area contributed by atoms with E-state index in [9.17, 15) is 18.0 Å². The van der Waals surface area contributed by atoms with Crippen LogP contribution in [0.5, 0.6) is 0 Å². The van der Waals surface area contributed by atoms with E-state index >= 15 is 0 Å². The van der Waals surface area contributed by atoms with Gasteiger partial charge in [-0.25, -0.2) is 8.42 Å². The number of carbonyl (C=O) groups is 2. The standard InChI is InChI=1S/C16H20ClN3O4S/c1-25(23,24)20-6-5-19(10-16(11-20)8-14(21)18-9-16)15(22)12-3-2-4-13(17)7-12/h2-4,7H,5-6,8-11H2,1H3,(H,18,21)/t16-/m1/s1. The summed E-state index contributed by atoms with van der Waals surface area (Å²) >= 11 is 5.97. The molecule has 2 heterocycles. The molecule has 2 aliphatic heterocycles. The van der Waals surface area contributed by atoms with Crippen LogP contribution in [0.4, 0.5) is 0 Å². The molecule has 2 amide bonds. The van der Waals surface area contributed by atoms with Gasteiger partial charge in [0.2, 0.25) is 15.9 Å². The van der Waals surface area contributed by atoms with Crippen molar-refractivity contribution in [3.8, 4) is 0 Å². The number of nitrogens with one attached hydrogen (secondary N) is 1. The topological polar surface area (TPSA) is 86.8 Å². The van der Waals surface area contributed by atoms with E-state index in [2.05, 4.69) is 5.32 Å². The fourth-order valence-corrected chi connectivity index (χ4v) is 4.57. The molecule has 1 N–H and O–H groups in total. The molecule has 2 aliphatic rings. The molecule has 1 atom stereocenters. The van der Waals surface area contributed by atoms with Crippen molar-refractivity contribution in [1.29, 1.82) is 0 Å². The minimum Gasteiger partial charge on any atom is -0.355 e. The van der Waals surface area contributed by atoms with E-state index in [1.54, 1.807) is 29.2 Å². The van der Waals surface area contributed by atoms with Gasteiger partial charge in [-0.15, -0.1) is 0 Å². The van der Waals surface area contributed by atoms with Gasteiger partial charge in [0.1, 0.15) is 0 Å². The first-order chi connectivity index (χ1) is 11.7. The highest BCUT2D eigenvalue weighted by atomic mass is 35.5. The van der Waals surface area contributed by atoms with Gasteiger partial charge in [0.25, 0.3) is 5.91 Å². The zero-order valence-corrected chi connectivity index (χ0v) is 15.4. The zero-order valence-electron chi connectivity index (χ0n) is 13.9. The highest BCUT2D eigenvalue weighted by Gasteiger charge is 2.45. The maximum absolute atomic E-state index is 12.9. The maximum atomic E-state index is 12.9. The van der Waals surface area contributed by atoms with Gasteiger partial charge in [0.15, 0.2) is 0 Å². The summed E-state index contributed by atoms with van der Waals surface area (Å²) in [4.78, 5) is 26.3. The number of halogens is 1. The number of nitrogens with zero attached hydrogens (tertiary/aromatic N) is 2. The molecule has 0 bridgehead atoms. The molecule has 136 valence electrons. The van der Waals surface area contributed by atoms with Gasteiger partial charge < -0.3 is 10.2 Å². The Morgan fingerprint density at radius 1 is 1.28 bits per heavy atom. The molecule has 0 saturated carbocycles. The van der Waals surface area contributed by atoms with Gasteiger partial charge in [0.05, 0.1) is 6.26 Å². The quantitative estimate of drug-likeness (QED) is 0.806. The summed E-state index contributed by atoms with van der Waals surface area (Å²) in [5.41, 5.74) is -0.155. The fourth-order valence-electron chi connectivity index (χ4n) is 3.46.